The molecule has 16 heavy (non-hydrogen) atoms. The van der Waals surface area contributed by atoms with Gasteiger partial charge in [0.15, 0.2) is 0 Å². The molecule has 1 aliphatic rings. The molecule has 0 aromatic rings. The van der Waals surface area contributed by atoms with Gasteiger partial charge in [-0.05, 0) is 32.2 Å². The first-order chi connectivity index (χ1) is 7.55. The molecule has 0 radical (unpaired) electrons. The molecule has 1 rings (SSSR count). The summed E-state index contributed by atoms with van der Waals surface area (Å²) in [5.41, 5.74) is 0. The smallest absolute Gasteiger partial charge is 0.150 e. The highest BCUT2D eigenvalue weighted by atomic mass is 32.2. The minimum absolute atomic E-state index is 0.0816. The molecule has 0 saturated carbocycles. The van der Waals surface area contributed by atoms with Gasteiger partial charge in [-0.2, -0.15) is 0 Å². The molecule has 0 aromatic heterocycles. The summed E-state index contributed by atoms with van der Waals surface area (Å²) in [5.74, 6) is 0.372. The lowest BCUT2D eigenvalue weighted by molar-refractivity contribution is 0.180. The van der Waals surface area contributed by atoms with E-state index >= 15 is 0 Å². The molecule has 0 spiro atoms. The predicted molar refractivity (Wildman–Crippen MR) is 64.1 cm³/mol. The standard InChI is InChI=1S/C11H22FNO2S/c1-2-16(14,15)8-4-6-11(12)10-5-3-7-13-9-10/h10-11,13H,2-9H2,1H3. The normalized spacial score (nSPS) is 24.2. The molecular formula is C11H22FNO2S. The maximum Gasteiger partial charge on any atom is 0.150 e. The summed E-state index contributed by atoms with van der Waals surface area (Å²) >= 11 is 0. The van der Waals surface area contributed by atoms with Gasteiger partial charge in [-0.1, -0.05) is 6.92 Å². The van der Waals surface area contributed by atoms with Crippen LogP contribution in [0.15, 0.2) is 0 Å². The van der Waals surface area contributed by atoms with Crippen LogP contribution in [0, 0.1) is 5.92 Å². The van der Waals surface area contributed by atoms with E-state index < -0.39 is 16.0 Å². The van der Waals surface area contributed by atoms with Crippen LogP contribution in [0.25, 0.3) is 0 Å². The first-order valence-corrected chi connectivity index (χ1v) is 7.92. The first-order valence-electron chi connectivity index (χ1n) is 6.10. The quantitative estimate of drug-likeness (QED) is 0.779. The van der Waals surface area contributed by atoms with E-state index in [-0.39, 0.29) is 17.4 Å². The van der Waals surface area contributed by atoms with E-state index in [9.17, 15) is 12.8 Å². The molecule has 96 valence electrons. The van der Waals surface area contributed by atoms with Crippen LogP contribution in [0.3, 0.4) is 0 Å². The fraction of sp³-hybridized carbons (Fsp3) is 1.00. The summed E-state index contributed by atoms with van der Waals surface area (Å²) in [7, 11) is -2.93. The maximum atomic E-state index is 13.7. The van der Waals surface area contributed by atoms with Gasteiger partial charge >= 0.3 is 0 Å². The summed E-state index contributed by atoms with van der Waals surface area (Å²) < 4.78 is 36.2. The topological polar surface area (TPSA) is 46.2 Å². The van der Waals surface area contributed by atoms with E-state index in [0.717, 1.165) is 25.9 Å². The summed E-state index contributed by atoms with van der Waals surface area (Å²) in [6.45, 7) is 3.35. The highest BCUT2D eigenvalue weighted by molar-refractivity contribution is 7.91. The minimum Gasteiger partial charge on any atom is -0.316 e. The van der Waals surface area contributed by atoms with Gasteiger partial charge in [-0.3, -0.25) is 0 Å². The predicted octanol–water partition coefficient (Wildman–Crippen LogP) is 1.54. The van der Waals surface area contributed by atoms with Gasteiger partial charge < -0.3 is 5.32 Å². The van der Waals surface area contributed by atoms with Crippen molar-refractivity contribution in [2.24, 2.45) is 5.92 Å². The average molecular weight is 251 g/mol. The Morgan fingerprint density at radius 1 is 1.50 bits per heavy atom. The maximum absolute atomic E-state index is 13.7. The highest BCUT2D eigenvalue weighted by Crippen LogP contribution is 2.21. The van der Waals surface area contributed by atoms with Crippen molar-refractivity contribution in [2.75, 3.05) is 24.6 Å². The van der Waals surface area contributed by atoms with E-state index in [1.807, 2.05) is 0 Å². The van der Waals surface area contributed by atoms with Crippen molar-refractivity contribution in [2.45, 2.75) is 38.8 Å². The van der Waals surface area contributed by atoms with Gasteiger partial charge in [-0.25, -0.2) is 12.8 Å². The number of sulfone groups is 1. The van der Waals surface area contributed by atoms with Crippen LogP contribution in [-0.2, 0) is 9.84 Å². The molecule has 0 aromatic carbocycles. The molecule has 2 unspecified atom stereocenters. The third kappa shape index (κ3) is 4.78. The van der Waals surface area contributed by atoms with E-state index in [0.29, 0.717) is 12.8 Å². The van der Waals surface area contributed by atoms with Gasteiger partial charge in [0.2, 0.25) is 0 Å². The number of rotatable bonds is 6. The summed E-state index contributed by atoms with van der Waals surface area (Å²) in [6, 6.07) is 0. The molecule has 0 amide bonds. The Balaban J connectivity index is 2.21. The minimum atomic E-state index is -2.93. The van der Waals surface area contributed by atoms with Crippen LogP contribution >= 0.6 is 0 Å². The highest BCUT2D eigenvalue weighted by Gasteiger charge is 2.23. The molecule has 0 aliphatic carbocycles. The Morgan fingerprint density at radius 2 is 2.25 bits per heavy atom. The summed E-state index contributed by atoms with van der Waals surface area (Å²) in [5, 5.41) is 3.18. The van der Waals surface area contributed by atoms with E-state index in [1.165, 1.54) is 0 Å². The lowest BCUT2D eigenvalue weighted by Gasteiger charge is -2.25. The Bertz CT molecular complexity index is 286. The van der Waals surface area contributed by atoms with E-state index in [2.05, 4.69) is 5.32 Å². The van der Waals surface area contributed by atoms with Gasteiger partial charge in [-0.15, -0.1) is 0 Å². The van der Waals surface area contributed by atoms with Crippen LogP contribution in [0.1, 0.15) is 32.6 Å². The van der Waals surface area contributed by atoms with Crippen molar-refractivity contribution < 1.29 is 12.8 Å². The van der Waals surface area contributed by atoms with Gasteiger partial charge in [0.1, 0.15) is 16.0 Å². The number of piperidine rings is 1. The zero-order chi connectivity index (χ0) is 12.0. The van der Waals surface area contributed by atoms with Gasteiger partial charge in [0, 0.05) is 18.2 Å². The molecule has 1 fully saturated rings. The summed E-state index contributed by atoms with van der Waals surface area (Å²) in [4.78, 5) is 0. The molecule has 2 atom stereocenters. The third-order valence-electron chi connectivity index (χ3n) is 3.22. The monoisotopic (exact) mass is 251 g/mol. The zero-order valence-electron chi connectivity index (χ0n) is 9.91. The van der Waals surface area contributed by atoms with Crippen LogP contribution in [0.4, 0.5) is 4.39 Å². The lowest BCUT2D eigenvalue weighted by Crippen LogP contribution is -2.35. The van der Waals surface area contributed by atoms with Crippen molar-refractivity contribution >= 4 is 9.84 Å². The molecule has 3 nitrogen and oxygen atoms in total. The average Bonchev–Trinajstić information content (AvgIpc) is 2.30. The summed E-state index contributed by atoms with van der Waals surface area (Å²) in [6.07, 6.45) is 1.94. The number of hydrogen-bond acceptors (Lipinski definition) is 3. The van der Waals surface area contributed by atoms with Crippen molar-refractivity contribution in [3.63, 3.8) is 0 Å². The molecular weight excluding hydrogens is 229 g/mol. The van der Waals surface area contributed by atoms with Crippen molar-refractivity contribution in [1.29, 1.82) is 0 Å². The second-order valence-corrected chi connectivity index (χ2v) is 6.97. The van der Waals surface area contributed by atoms with Crippen LogP contribution in [0.2, 0.25) is 0 Å². The lowest BCUT2D eigenvalue weighted by atomic mass is 9.92. The van der Waals surface area contributed by atoms with Gasteiger partial charge in [0.25, 0.3) is 0 Å². The van der Waals surface area contributed by atoms with Crippen LogP contribution in [0.5, 0.6) is 0 Å². The molecule has 1 aliphatic heterocycles. The molecule has 1 saturated heterocycles. The SMILES string of the molecule is CCS(=O)(=O)CCCC(F)C1CCCNC1. The molecule has 5 heteroatoms. The van der Waals surface area contributed by atoms with E-state index in [4.69, 9.17) is 0 Å². The Hall–Kier alpha value is -0.160. The largest absolute Gasteiger partial charge is 0.316 e. The molecule has 0 bridgehead atoms. The fourth-order valence-corrected chi connectivity index (χ4v) is 2.96. The number of halogens is 1. The zero-order valence-corrected chi connectivity index (χ0v) is 10.7. The van der Waals surface area contributed by atoms with Crippen molar-refractivity contribution in [3.8, 4) is 0 Å². The number of nitrogens with one attached hydrogen (secondary N) is 1. The Morgan fingerprint density at radius 3 is 2.81 bits per heavy atom. The fourth-order valence-electron chi connectivity index (χ4n) is 2.07. The number of hydrogen-bond donors (Lipinski definition) is 1. The molecule has 1 heterocycles. The first kappa shape index (κ1) is 13.9. The number of alkyl halides is 1. The third-order valence-corrected chi connectivity index (χ3v) is 5.01. The Kier molecular flexibility index (Phi) is 5.69. The van der Waals surface area contributed by atoms with Crippen molar-refractivity contribution in [3.05, 3.63) is 0 Å². The Labute approximate surface area is 97.7 Å². The van der Waals surface area contributed by atoms with Crippen molar-refractivity contribution in [1.82, 2.24) is 5.32 Å². The molecule has 1 N–H and O–H groups in total. The van der Waals surface area contributed by atoms with Crippen LogP contribution < -0.4 is 5.32 Å². The van der Waals surface area contributed by atoms with Gasteiger partial charge in [0.05, 0.1) is 5.75 Å². The van der Waals surface area contributed by atoms with Crippen LogP contribution in [-0.4, -0.2) is 39.2 Å². The van der Waals surface area contributed by atoms with E-state index in [1.54, 1.807) is 6.92 Å². The second kappa shape index (κ2) is 6.55. The second-order valence-electron chi connectivity index (χ2n) is 4.50.